The topological polar surface area (TPSA) is 54.3 Å². The second kappa shape index (κ2) is 8.23. The number of hydrogen-bond donors (Lipinski definition) is 1. The standard InChI is InChI=1S/C25H26ClN3O2/c1-4-23(30)29-13-6-12-25(16-29,21-7-5-8-22(26)17(21)2)27-19-10-9-18-11-14-28(3)24(31)20(18)15-19/h4-5,7-11,14-15,27H,1,6,12-13,16H2,2-3H3. The quantitative estimate of drug-likeness (QED) is 0.608. The van der Waals surface area contributed by atoms with Crippen LogP contribution in [0.1, 0.15) is 24.0 Å². The Morgan fingerprint density at radius 1 is 1.26 bits per heavy atom. The van der Waals surface area contributed by atoms with Gasteiger partial charge in [-0.05, 0) is 66.6 Å². The fraction of sp³-hybridized carbons (Fsp3) is 0.280. The molecule has 0 radical (unpaired) electrons. The van der Waals surface area contributed by atoms with Gasteiger partial charge < -0.3 is 14.8 Å². The number of benzene rings is 2. The molecule has 1 N–H and O–H groups in total. The minimum absolute atomic E-state index is 0.0405. The van der Waals surface area contributed by atoms with Gasteiger partial charge in [0.05, 0.1) is 5.54 Å². The van der Waals surface area contributed by atoms with Crippen molar-refractivity contribution in [2.75, 3.05) is 18.4 Å². The lowest BCUT2D eigenvalue weighted by Gasteiger charge is -2.45. The molecule has 0 spiro atoms. The first kappa shape index (κ1) is 21.2. The molecule has 1 atom stereocenters. The molecule has 3 aromatic rings. The average Bonchev–Trinajstić information content (AvgIpc) is 2.78. The number of fused-ring (bicyclic) bond motifs is 1. The normalized spacial score (nSPS) is 18.7. The number of nitrogens with one attached hydrogen (secondary N) is 1. The molecule has 1 aromatic heterocycles. The van der Waals surface area contributed by atoms with Gasteiger partial charge in [0.2, 0.25) is 5.91 Å². The van der Waals surface area contributed by atoms with Crippen LogP contribution in [0.25, 0.3) is 10.8 Å². The number of nitrogens with zero attached hydrogens (tertiary/aromatic N) is 2. The van der Waals surface area contributed by atoms with Gasteiger partial charge in [-0.3, -0.25) is 9.59 Å². The number of halogens is 1. The zero-order valence-corrected chi connectivity index (χ0v) is 18.6. The number of hydrogen-bond acceptors (Lipinski definition) is 3. The van der Waals surface area contributed by atoms with Gasteiger partial charge in [0.1, 0.15) is 0 Å². The number of anilines is 1. The third-order valence-electron chi connectivity index (χ3n) is 6.23. The van der Waals surface area contributed by atoms with E-state index in [1.54, 1.807) is 17.8 Å². The molecular weight excluding hydrogens is 410 g/mol. The van der Waals surface area contributed by atoms with Crippen molar-refractivity contribution in [1.29, 1.82) is 0 Å². The Bertz CT molecular complexity index is 1230. The first-order valence-corrected chi connectivity index (χ1v) is 10.8. The van der Waals surface area contributed by atoms with E-state index < -0.39 is 5.54 Å². The summed E-state index contributed by atoms with van der Waals surface area (Å²) in [6.07, 6.45) is 4.81. The average molecular weight is 436 g/mol. The SMILES string of the molecule is C=CC(=O)N1CCCC(Nc2ccc3ccn(C)c(=O)c3c2)(c2cccc(Cl)c2C)C1. The molecule has 1 aliphatic rings. The Morgan fingerprint density at radius 3 is 2.84 bits per heavy atom. The summed E-state index contributed by atoms with van der Waals surface area (Å²) in [7, 11) is 1.75. The van der Waals surface area contributed by atoms with E-state index in [9.17, 15) is 9.59 Å². The van der Waals surface area contributed by atoms with Gasteiger partial charge in [-0.1, -0.05) is 36.4 Å². The van der Waals surface area contributed by atoms with Crippen LogP contribution >= 0.6 is 11.6 Å². The summed E-state index contributed by atoms with van der Waals surface area (Å²) in [5.74, 6) is -0.0852. The zero-order chi connectivity index (χ0) is 22.2. The van der Waals surface area contributed by atoms with Gasteiger partial charge in [0.25, 0.3) is 5.56 Å². The number of pyridine rings is 1. The molecule has 2 aromatic carbocycles. The van der Waals surface area contributed by atoms with Crippen LogP contribution < -0.4 is 10.9 Å². The monoisotopic (exact) mass is 435 g/mol. The van der Waals surface area contributed by atoms with Crippen LogP contribution in [-0.4, -0.2) is 28.5 Å². The summed E-state index contributed by atoms with van der Waals surface area (Å²) >= 11 is 6.47. The van der Waals surface area contributed by atoms with Crippen molar-refractivity contribution < 1.29 is 4.79 Å². The second-order valence-corrected chi connectivity index (χ2v) is 8.63. The van der Waals surface area contributed by atoms with Crippen LogP contribution in [0.5, 0.6) is 0 Å². The molecule has 1 unspecified atom stereocenters. The Kier molecular flexibility index (Phi) is 5.63. The number of likely N-dealkylation sites (tertiary alicyclic amines) is 1. The zero-order valence-electron chi connectivity index (χ0n) is 17.8. The molecule has 1 amide bonds. The fourth-order valence-corrected chi connectivity index (χ4v) is 4.75. The molecule has 1 aliphatic heterocycles. The van der Waals surface area contributed by atoms with E-state index in [-0.39, 0.29) is 11.5 Å². The van der Waals surface area contributed by atoms with Crippen molar-refractivity contribution in [1.82, 2.24) is 9.47 Å². The van der Waals surface area contributed by atoms with E-state index in [1.165, 1.54) is 6.08 Å². The van der Waals surface area contributed by atoms with E-state index >= 15 is 0 Å². The Hall–Kier alpha value is -3.05. The minimum Gasteiger partial charge on any atom is -0.374 e. The second-order valence-electron chi connectivity index (χ2n) is 8.22. The molecular formula is C25H26ClN3O2. The maximum atomic E-state index is 12.7. The van der Waals surface area contributed by atoms with Crippen LogP contribution in [0, 0.1) is 6.92 Å². The Balaban J connectivity index is 1.84. The van der Waals surface area contributed by atoms with Crippen LogP contribution in [0.15, 0.2) is 66.1 Å². The summed E-state index contributed by atoms with van der Waals surface area (Å²) in [5, 5.41) is 5.94. The fourth-order valence-electron chi connectivity index (χ4n) is 4.58. The number of aryl methyl sites for hydroxylation is 1. The van der Waals surface area contributed by atoms with Crippen molar-refractivity contribution in [3.05, 3.63) is 87.8 Å². The number of carbonyl (C=O) groups excluding carboxylic acids is 1. The largest absolute Gasteiger partial charge is 0.374 e. The van der Waals surface area contributed by atoms with Gasteiger partial charge in [-0.2, -0.15) is 0 Å². The van der Waals surface area contributed by atoms with E-state index in [2.05, 4.69) is 18.0 Å². The lowest BCUT2D eigenvalue weighted by molar-refractivity contribution is -0.127. The smallest absolute Gasteiger partial charge is 0.258 e. The van der Waals surface area contributed by atoms with Gasteiger partial charge >= 0.3 is 0 Å². The highest BCUT2D eigenvalue weighted by molar-refractivity contribution is 6.31. The van der Waals surface area contributed by atoms with Crippen molar-refractivity contribution in [3.63, 3.8) is 0 Å². The molecule has 0 aliphatic carbocycles. The molecule has 1 saturated heterocycles. The first-order valence-electron chi connectivity index (χ1n) is 10.4. The van der Waals surface area contributed by atoms with Crippen LogP contribution in [-0.2, 0) is 17.4 Å². The number of amides is 1. The summed E-state index contributed by atoms with van der Waals surface area (Å²) in [4.78, 5) is 26.9. The van der Waals surface area contributed by atoms with Gasteiger partial charge in [-0.15, -0.1) is 0 Å². The molecule has 6 heteroatoms. The maximum Gasteiger partial charge on any atom is 0.258 e. The highest BCUT2D eigenvalue weighted by atomic mass is 35.5. The molecule has 2 heterocycles. The van der Waals surface area contributed by atoms with Crippen LogP contribution in [0.3, 0.4) is 0 Å². The molecule has 4 rings (SSSR count). The third kappa shape index (κ3) is 3.86. The van der Waals surface area contributed by atoms with Gasteiger partial charge in [0.15, 0.2) is 0 Å². The molecule has 0 saturated carbocycles. The van der Waals surface area contributed by atoms with E-state index in [4.69, 9.17) is 11.6 Å². The van der Waals surface area contributed by atoms with Crippen LogP contribution in [0.2, 0.25) is 5.02 Å². The summed E-state index contributed by atoms with van der Waals surface area (Å²) in [6, 6.07) is 13.7. The predicted molar refractivity (Wildman–Crippen MR) is 127 cm³/mol. The van der Waals surface area contributed by atoms with Crippen molar-refractivity contribution in [2.24, 2.45) is 7.05 Å². The third-order valence-corrected chi connectivity index (χ3v) is 6.64. The highest BCUT2D eigenvalue weighted by Gasteiger charge is 2.39. The summed E-state index contributed by atoms with van der Waals surface area (Å²) < 4.78 is 1.58. The summed E-state index contributed by atoms with van der Waals surface area (Å²) in [5.41, 5.74) is 2.31. The molecule has 160 valence electrons. The molecule has 31 heavy (non-hydrogen) atoms. The minimum atomic E-state index is -0.528. The van der Waals surface area contributed by atoms with Crippen molar-refractivity contribution in [3.8, 4) is 0 Å². The van der Waals surface area contributed by atoms with E-state index in [0.717, 1.165) is 35.0 Å². The lowest BCUT2D eigenvalue weighted by Crippen LogP contribution is -2.52. The van der Waals surface area contributed by atoms with Gasteiger partial charge in [0, 0.05) is 42.4 Å². The molecule has 0 bridgehead atoms. The predicted octanol–water partition coefficient (Wildman–Crippen LogP) is 4.62. The number of carbonyl (C=O) groups is 1. The first-order chi connectivity index (χ1) is 14.8. The van der Waals surface area contributed by atoms with Crippen LogP contribution in [0.4, 0.5) is 5.69 Å². The lowest BCUT2D eigenvalue weighted by atomic mass is 9.79. The number of aromatic nitrogens is 1. The van der Waals surface area contributed by atoms with Crippen molar-refractivity contribution in [2.45, 2.75) is 25.3 Å². The van der Waals surface area contributed by atoms with E-state index in [0.29, 0.717) is 23.5 Å². The molecule has 1 fully saturated rings. The maximum absolute atomic E-state index is 12.7. The van der Waals surface area contributed by atoms with Crippen molar-refractivity contribution >= 4 is 34.0 Å². The Labute approximate surface area is 186 Å². The summed E-state index contributed by atoms with van der Waals surface area (Å²) in [6.45, 7) is 6.84. The van der Waals surface area contributed by atoms with E-state index in [1.807, 2.05) is 48.2 Å². The molecule has 5 nitrogen and oxygen atoms in total. The number of piperidine rings is 1. The Morgan fingerprint density at radius 2 is 2.06 bits per heavy atom. The highest BCUT2D eigenvalue weighted by Crippen LogP contribution is 2.39. The van der Waals surface area contributed by atoms with Gasteiger partial charge in [-0.25, -0.2) is 0 Å². The number of rotatable bonds is 4.